The Labute approximate surface area is 197 Å². The van der Waals surface area contributed by atoms with Crippen LogP contribution < -0.4 is 0 Å². The highest BCUT2D eigenvalue weighted by atomic mass is 79.9. The average Bonchev–Trinajstić information content (AvgIpc) is 3.39. The number of halogens is 2. The van der Waals surface area contributed by atoms with Crippen LogP contribution in [0.25, 0.3) is 21.9 Å². The Morgan fingerprint density at radius 3 is 2.72 bits per heavy atom. The van der Waals surface area contributed by atoms with Crippen molar-refractivity contribution in [3.05, 3.63) is 105 Å². The molecule has 1 aliphatic heterocycles. The van der Waals surface area contributed by atoms with Gasteiger partial charge in [-0.05, 0) is 60.0 Å². The highest BCUT2D eigenvalue weighted by Gasteiger charge is 2.36. The molecule has 1 atom stereocenters. The first-order valence-corrected chi connectivity index (χ1v) is 11.6. The minimum absolute atomic E-state index is 0.124. The molecule has 0 saturated heterocycles. The first-order chi connectivity index (χ1) is 15.6. The molecule has 5 aromatic rings. The van der Waals surface area contributed by atoms with Gasteiger partial charge in [-0.3, -0.25) is 4.79 Å². The van der Waals surface area contributed by atoms with E-state index < -0.39 is 0 Å². The fraction of sp³-hybridized carbons (Fsp3) is 0.115. The lowest BCUT2D eigenvalue weighted by atomic mass is 9.92. The normalized spacial score (nSPS) is 15.9. The first kappa shape index (κ1) is 19.6. The maximum Gasteiger partial charge on any atom is 0.290 e. The Bertz CT molecular complexity index is 1490. The van der Waals surface area contributed by atoms with Crippen LogP contribution in [0.5, 0.6) is 0 Å². The molecule has 0 bridgehead atoms. The zero-order valence-electron chi connectivity index (χ0n) is 16.9. The highest BCUT2D eigenvalue weighted by Crippen LogP contribution is 2.39. The SMILES string of the molecule is O=C(c1cc2cc(Br)ccc2o1)N1CCc2c([nH]c3ccccc23)[C@H]1c1ccc(Cl)cc1. The van der Waals surface area contributed by atoms with Crippen molar-refractivity contribution in [2.75, 3.05) is 6.54 Å². The molecule has 4 nitrogen and oxygen atoms in total. The van der Waals surface area contributed by atoms with Gasteiger partial charge in [-0.25, -0.2) is 0 Å². The smallest absolute Gasteiger partial charge is 0.290 e. The van der Waals surface area contributed by atoms with E-state index in [2.05, 4.69) is 39.1 Å². The number of nitrogens with one attached hydrogen (secondary N) is 1. The van der Waals surface area contributed by atoms with Crippen molar-refractivity contribution in [1.29, 1.82) is 0 Å². The standard InChI is InChI=1S/C26H18BrClN2O2/c27-17-7-10-22-16(13-17)14-23(32-22)26(31)30-12-11-20-19-3-1-2-4-21(19)29-24(20)25(30)15-5-8-18(28)9-6-15/h1-10,13-14,25,29H,11-12H2/t25-/m1/s1. The van der Waals surface area contributed by atoms with Gasteiger partial charge in [0.25, 0.3) is 5.91 Å². The zero-order chi connectivity index (χ0) is 21.8. The van der Waals surface area contributed by atoms with E-state index >= 15 is 0 Å². The second-order valence-corrected chi connectivity index (χ2v) is 9.41. The molecule has 6 rings (SSSR count). The Kier molecular flexibility index (Phi) is 4.63. The summed E-state index contributed by atoms with van der Waals surface area (Å²) in [4.78, 5) is 19.2. The molecule has 3 aromatic carbocycles. The minimum Gasteiger partial charge on any atom is -0.451 e. The zero-order valence-corrected chi connectivity index (χ0v) is 19.3. The van der Waals surface area contributed by atoms with Gasteiger partial charge in [-0.15, -0.1) is 0 Å². The fourth-order valence-electron chi connectivity index (χ4n) is 4.71. The van der Waals surface area contributed by atoms with E-state index in [1.165, 1.54) is 10.9 Å². The molecular weight excluding hydrogens is 488 g/mol. The molecule has 6 heteroatoms. The van der Waals surface area contributed by atoms with Crippen molar-refractivity contribution in [2.24, 2.45) is 0 Å². The van der Waals surface area contributed by atoms with Gasteiger partial charge in [0.2, 0.25) is 0 Å². The van der Waals surface area contributed by atoms with Crippen LogP contribution in [0.4, 0.5) is 0 Å². The fourth-order valence-corrected chi connectivity index (χ4v) is 5.22. The molecule has 0 spiro atoms. The van der Waals surface area contributed by atoms with Crippen LogP contribution in [-0.2, 0) is 6.42 Å². The van der Waals surface area contributed by atoms with E-state index in [4.69, 9.17) is 16.0 Å². The number of aromatic amines is 1. The number of H-pyrrole nitrogens is 1. The predicted molar refractivity (Wildman–Crippen MR) is 130 cm³/mol. The monoisotopic (exact) mass is 504 g/mol. The summed E-state index contributed by atoms with van der Waals surface area (Å²) in [6.45, 7) is 0.599. The molecule has 0 radical (unpaired) electrons. The Hall–Kier alpha value is -3.02. The highest BCUT2D eigenvalue weighted by molar-refractivity contribution is 9.10. The van der Waals surface area contributed by atoms with Gasteiger partial charge < -0.3 is 14.3 Å². The second-order valence-electron chi connectivity index (χ2n) is 8.06. The van der Waals surface area contributed by atoms with Gasteiger partial charge in [-0.2, -0.15) is 0 Å². The quantitative estimate of drug-likeness (QED) is 0.278. The number of aromatic nitrogens is 1. The average molecular weight is 506 g/mol. The number of rotatable bonds is 2. The van der Waals surface area contributed by atoms with Crippen LogP contribution in [0, 0.1) is 0 Å². The van der Waals surface area contributed by atoms with Gasteiger partial charge in [0.05, 0.1) is 6.04 Å². The summed E-state index contributed by atoms with van der Waals surface area (Å²) in [6.07, 6.45) is 0.779. The van der Waals surface area contributed by atoms with Gasteiger partial charge in [0.1, 0.15) is 5.58 Å². The lowest BCUT2D eigenvalue weighted by molar-refractivity contribution is 0.0662. The van der Waals surface area contributed by atoms with Gasteiger partial charge in [0.15, 0.2) is 5.76 Å². The third-order valence-corrected chi connectivity index (χ3v) is 6.92. The Morgan fingerprint density at radius 2 is 1.88 bits per heavy atom. The van der Waals surface area contributed by atoms with Crippen LogP contribution in [0.2, 0.25) is 5.02 Å². The molecule has 1 N–H and O–H groups in total. The van der Waals surface area contributed by atoms with Crippen molar-refractivity contribution >= 4 is 55.3 Å². The molecule has 0 unspecified atom stereocenters. The number of furan rings is 1. The summed E-state index contributed by atoms with van der Waals surface area (Å²) in [5.41, 5.74) is 5.10. The molecule has 0 saturated carbocycles. The number of hydrogen-bond donors (Lipinski definition) is 1. The topological polar surface area (TPSA) is 49.2 Å². The summed E-state index contributed by atoms with van der Waals surface area (Å²) in [6, 6.07) is 23.3. The maximum absolute atomic E-state index is 13.7. The molecule has 3 heterocycles. The lowest BCUT2D eigenvalue weighted by Gasteiger charge is -2.35. The first-order valence-electron chi connectivity index (χ1n) is 10.4. The van der Waals surface area contributed by atoms with Gasteiger partial charge >= 0.3 is 0 Å². The number of carbonyl (C=O) groups is 1. The maximum atomic E-state index is 13.7. The summed E-state index contributed by atoms with van der Waals surface area (Å²) >= 11 is 9.64. The van der Waals surface area contributed by atoms with E-state index in [9.17, 15) is 4.79 Å². The third kappa shape index (κ3) is 3.15. The van der Waals surface area contributed by atoms with Crippen molar-refractivity contribution in [2.45, 2.75) is 12.5 Å². The van der Waals surface area contributed by atoms with Crippen LogP contribution in [-0.4, -0.2) is 22.3 Å². The Morgan fingerprint density at radius 1 is 1.06 bits per heavy atom. The molecule has 1 aliphatic rings. The number of carbonyl (C=O) groups excluding carboxylic acids is 1. The molecule has 158 valence electrons. The number of fused-ring (bicyclic) bond motifs is 4. The van der Waals surface area contributed by atoms with Crippen molar-refractivity contribution in [1.82, 2.24) is 9.88 Å². The molecule has 2 aromatic heterocycles. The van der Waals surface area contributed by atoms with Crippen molar-refractivity contribution in [3.8, 4) is 0 Å². The van der Waals surface area contributed by atoms with Gasteiger partial charge in [-0.1, -0.05) is 57.9 Å². The van der Waals surface area contributed by atoms with Crippen LogP contribution >= 0.6 is 27.5 Å². The summed E-state index contributed by atoms with van der Waals surface area (Å²) in [7, 11) is 0. The summed E-state index contributed by atoms with van der Waals surface area (Å²) in [5.74, 6) is 0.221. The van der Waals surface area contributed by atoms with Crippen LogP contribution in [0.1, 0.15) is 33.4 Å². The number of amides is 1. The van der Waals surface area contributed by atoms with E-state index in [1.54, 1.807) is 0 Å². The van der Waals surface area contributed by atoms with E-state index in [0.29, 0.717) is 22.9 Å². The molecular formula is C26H18BrClN2O2. The minimum atomic E-state index is -0.254. The lowest BCUT2D eigenvalue weighted by Crippen LogP contribution is -2.40. The summed E-state index contributed by atoms with van der Waals surface area (Å²) < 4.78 is 6.89. The van der Waals surface area contributed by atoms with Crippen molar-refractivity contribution in [3.63, 3.8) is 0 Å². The van der Waals surface area contributed by atoms with Gasteiger partial charge in [0, 0.05) is 38.0 Å². The molecule has 32 heavy (non-hydrogen) atoms. The molecule has 0 fully saturated rings. The Balaban J connectivity index is 1.49. The summed E-state index contributed by atoms with van der Waals surface area (Å²) in [5, 5.41) is 2.78. The van der Waals surface area contributed by atoms with E-state index in [0.717, 1.165) is 33.1 Å². The van der Waals surface area contributed by atoms with E-state index in [1.807, 2.05) is 59.5 Å². The van der Waals surface area contributed by atoms with Crippen molar-refractivity contribution < 1.29 is 9.21 Å². The second kappa shape index (κ2) is 7.54. The van der Waals surface area contributed by atoms with Crippen LogP contribution in [0.15, 0.2) is 81.7 Å². The number of benzene rings is 3. The number of nitrogens with zero attached hydrogens (tertiary/aromatic N) is 1. The number of hydrogen-bond acceptors (Lipinski definition) is 2. The van der Waals surface area contributed by atoms with E-state index in [-0.39, 0.29) is 11.9 Å². The largest absolute Gasteiger partial charge is 0.451 e. The predicted octanol–water partition coefficient (Wildman–Crippen LogP) is 7.12. The molecule has 0 aliphatic carbocycles. The molecule has 1 amide bonds. The van der Waals surface area contributed by atoms with Crippen LogP contribution in [0.3, 0.4) is 0 Å². The third-order valence-electron chi connectivity index (χ3n) is 6.17. The number of para-hydroxylation sites is 1.